The van der Waals surface area contributed by atoms with E-state index >= 15 is 0 Å². The molecule has 0 fully saturated rings. The van der Waals surface area contributed by atoms with Gasteiger partial charge in [0.15, 0.2) is 5.96 Å². The van der Waals surface area contributed by atoms with Crippen molar-refractivity contribution in [1.29, 1.82) is 0 Å². The third kappa shape index (κ3) is 9.77. The Kier molecular flexibility index (Phi) is 10.9. The molecule has 0 spiro atoms. The van der Waals surface area contributed by atoms with E-state index < -0.39 is 0 Å². The number of hydrogen-bond donors (Lipinski definition) is 3. The number of hydrogen-bond acceptors (Lipinski definition) is 3. The van der Waals surface area contributed by atoms with Crippen LogP contribution in [-0.2, 0) is 6.42 Å². The lowest BCUT2D eigenvalue weighted by Gasteiger charge is -2.23. The maximum absolute atomic E-state index is 9.98. The third-order valence-electron chi connectivity index (χ3n) is 3.91. The van der Waals surface area contributed by atoms with Gasteiger partial charge in [-0.1, -0.05) is 26.8 Å². The van der Waals surface area contributed by atoms with Gasteiger partial charge in [0.2, 0.25) is 0 Å². The topological polar surface area (TPSA) is 65.9 Å². The van der Waals surface area contributed by atoms with Crippen molar-refractivity contribution in [2.24, 2.45) is 10.4 Å². The molecule has 1 rings (SSSR count). The number of phenolic OH excluding ortho intramolecular Hbond substituents is 1. The Morgan fingerprint density at radius 3 is 2.52 bits per heavy atom. The zero-order valence-corrected chi connectivity index (χ0v) is 18.7. The molecule has 0 heterocycles. The first-order chi connectivity index (χ1) is 11.2. The summed E-state index contributed by atoms with van der Waals surface area (Å²) in [5.41, 5.74) is 1.23. The van der Waals surface area contributed by atoms with Crippen molar-refractivity contribution in [3.63, 3.8) is 0 Å². The predicted molar refractivity (Wildman–Crippen MR) is 116 cm³/mol. The second kappa shape index (κ2) is 11.4. The molecule has 0 aliphatic heterocycles. The normalized spacial score (nSPS) is 13.0. The molecular weight excluding hydrogens is 429 g/mol. The van der Waals surface area contributed by atoms with Gasteiger partial charge in [0.25, 0.3) is 0 Å². The Morgan fingerprint density at radius 2 is 2.00 bits per heavy atom. The van der Waals surface area contributed by atoms with E-state index in [1.165, 1.54) is 0 Å². The number of rotatable bonds is 7. The highest BCUT2D eigenvalue weighted by Gasteiger charge is 2.13. The molecule has 0 bridgehead atoms. The van der Waals surface area contributed by atoms with Crippen LogP contribution in [0.25, 0.3) is 0 Å². The highest BCUT2D eigenvalue weighted by atomic mass is 127. The van der Waals surface area contributed by atoms with Crippen LogP contribution in [0.1, 0.15) is 46.1 Å². The largest absolute Gasteiger partial charge is 0.508 e. The van der Waals surface area contributed by atoms with E-state index in [4.69, 9.17) is 4.74 Å². The first-order valence-electron chi connectivity index (χ1n) is 8.58. The van der Waals surface area contributed by atoms with Crippen molar-refractivity contribution in [3.05, 3.63) is 23.8 Å². The number of guanidine groups is 1. The minimum absolute atomic E-state index is 0. The van der Waals surface area contributed by atoms with Crippen molar-refractivity contribution in [2.45, 2.75) is 53.0 Å². The molecule has 1 atom stereocenters. The molecule has 1 aromatic rings. The van der Waals surface area contributed by atoms with Crippen molar-refractivity contribution in [1.82, 2.24) is 10.6 Å². The fraction of sp³-hybridized carbons (Fsp3) is 0.632. The molecule has 5 nitrogen and oxygen atoms in total. The number of nitrogens with zero attached hydrogens (tertiary/aromatic N) is 1. The standard InChI is InChI=1S/C19H33N3O2.HI/c1-14(9-11-19(2,3)4)22-18(20-5)21-12-10-15-7-8-16(24-6)13-17(15)23;/h7-8,13-14,23H,9-12H2,1-6H3,(H2,20,21,22);1H. The Morgan fingerprint density at radius 1 is 1.32 bits per heavy atom. The van der Waals surface area contributed by atoms with Crippen LogP contribution in [0.15, 0.2) is 23.2 Å². The number of aromatic hydroxyl groups is 1. The fourth-order valence-corrected chi connectivity index (χ4v) is 2.35. The monoisotopic (exact) mass is 463 g/mol. The van der Waals surface area contributed by atoms with Crippen molar-refractivity contribution in [2.75, 3.05) is 20.7 Å². The van der Waals surface area contributed by atoms with Gasteiger partial charge in [0.05, 0.1) is 7.11 Å². The summed E-state index contributed by atoms with van der Waals surface area (Å²) < 4.78 is 5.10. The van der Waals surface area contributed by atoms with Gasteiger partial charge in [-0.2, -0.15) is 0 Å². The highest BCUT2D eigenvalue weighted by Crippen LogP contribution is 2.23. The second-order valence-electron chi connectivity index (χ2n) is 7.39. The summed E-state index contributed by atoms with van der Waals surface area (Å²) in [6.45, 7) is 9.65. The summed E-state index contributed by atoms with van der Waals surface area (Å²) in [6.07, 6.45) is 2.98. The number of phenols is 1. The summed E-state index contributed by atoms with van der Waals surface area (Å²) in [7, 11) is 3.36. The average molecular weight is 463 g/mol. The van der Waals surface area contributed by atoms with E-state index in [-0.39, 0.29) is 29.7 Å². The maximum atomic E-state index is 9.98. The predicted octanol–water partition coefficient (Wildman–Crippen LogP) is 3.94. The van der Waals surface area contributed by atoms with Gasteiger partial charge >= 0.3 is 0 Å². The average Bonchev–Trinajstić information content (AvgIpc) is 2.52. The van der Waals surface area contributed by atoms with Gasteiger partial charge in [-0.15, -0.1) is 24.0 Å². The molecule has 0 saturated carbocycles. The van der Waals surface area contributed by atoms with E-state index in [9.17, 15) is 5.11 Å². The van der Waals surface area contributed by atoms with Crippen LogP contribution in [0, 0.1) is 5.41 Å². The molecule has 3 N–H and O–H groups in total. The van der Waals surface area contributed by atoms with Gasteiger partial charge in [0.1, 0.15) is 11.5 Å². The van der Waals surface area contributed by atoms with Crippen LogP contribution >= 0.6 is 24.0 Å². The van der Waals surface area contributed by atoms with E-state index in [0.29, 0.717) is 30.2 Å². The Labute approximate surface area is 169 Å². The van der Waals surface area contributed by atoms with Crippen LogP contribution in [-0.4, -0.2) is 37.8 Å². The summed E-state index contributed by atoms with van der Waals surface area (Å²) in [6, 6.07) is 5.75. The Bertz CT molecular complexity index is 542. The van der Waals surface area contributed by atoms with E-state index in [2.05, 4.69) is 43.3 Å². The zero-order chi connectivity index (χ0) is 18.2. The van der Waals surface area contributed by atoms with E-state index in [1.54, 1.807) is 20.2 Å². The van der Waals surface area contributed by atoms with Gasteiger partial charge < -0.3 is 20.5 Å². The molecule has 0 radical (unpaired) electrons. The number of nitrogens with one attached hydrogen (secondary N) is 2. The number of ether oxygens (including phenoxy) is 1. The first kappa shape index (κ1) is 23.8. The summed E-state index contributed by atoms with van der Waals surface area (Å²) in [4.78, 5) is 4.27. The number of benzene rings is 1. The first-order valence-corrected chi connectivity index (χ1v) is 8.58. The molecule has 0 aliphatic rings. The van der Waals surface area contributed by atoms with Crippen LogP contribution in [0.5, 0.6) is 11.5 Å². The summed E-state index contributed by atoms with van der Waals surface area (Å²) in [5.74, 6) is 1.72. The number of methoxy groups -OCH3 is 1. The molecule has 0 amide bonds. The summed E-state index contributed by atoms with van der Waals surface area (Å²) >= 11 is 0. The maximum Gasteiger partial charge on any atom is 0.191 e. The summed E-state index contributed by atoms with van der Waals surface area (Å²) in [5, 5.41) is 16.7. The van der Waals surface area contributed by atoms with Gasteiger partial charge in [-0.25, -0.2) is 0 Å². The molecule has 25 heavy (non-hydrogen) atoms. The highest BCUT2D eigenvalue weighted by molar-refractivity contribution is 14.0. The second-order valence-corrected chi connectivity index (χ2v) is 7.39. The molecule has 1 unspecified atom stereocenters. The van der Waals surface area contributed by atoms with Crippen molar-refractivity contribution >= 4 is 29.9 Å². The minimum Gasteiger partial charge on any atom is -0.508 e. The zero-order valence-electron chi connectivity index (χ0n) is 16.3. The van der Waals surface area contributed by atoms with Crippen molar-refractivity contribution in [3.8, 4) is 11.5 Å². The molecule has 0 aliphatic carbocycles. The van der Waals surface area contributed by atoms with E-state index in [0.717, 1.165) is 24.4 Å². The Balaban J connectivity index is 0.00000576. The van der Waals surface area contributed by atoms with Crippen LogP contribution in [0.3, 0.4) is 0 Å². The molecule has 1 aromatic carbocycles. The molecule has 6 heteroatoms. The molecular formula is C19H34IN3O2. The van der Waals surface area contributed by atoms with Gasteiger partial charge in [-0.05, 0) is 43.2 Å². The lowest BCUT2D eigenvalue weighted by atomic mass is 9.89. The van der Waals surface area contributed by atoms with E-state index in [1.807, 2.05) is 12.1 Å². The molecule has 0 saturated heterocycles. The van der Waals surface area contributed by atoms with Crippen LogP contribution < -0.4 is 15.4 Å². The minimum atomic E-state index is 0. The SMILES string of the molecule is CN=C(NCCc1ccc(OC)cc1O)NC(C)CCC(C)(C)C.I. The Hall–Kier alpha value is -1.18. The van der Waals surface area contributed by atoms with Crippen molar-refractivity contribution < 1.29 is 9.84 Å². The van der Waals surface area contributed by atoms with Gasteiger partial charge in [0, 0.05) is 25.7 Å². The number of aliphatic imine (C=N–C) groups is 1. The molecule has 0 aromatic heterocycles. The van der Waals surface area contributed by atoms with Gasteiger partial charge in [-0.3, -0.25) is 4.99 Å². The van der Waals surface area contributed by atoms with Crippen LogP contribution in [0.2, 0.25) is 0 Å². The van der Waals surface area contributed by atoms with Crippen LogP contribution in [0.4, 0.5) is 0 Å². The lowest BCUT2D eigenvalue weighted by molar-refractivity contribution is 0.346. The fourth-order valence-electron chi connectivity index (χ4n) is 2.35. The third-order valence-corrected chi connectivity index (χ3v) is 3.91. The molecule has 144 valence electrons. The number of halogens is 1. The quantitative estimate of drug-likeness (QED) is 0.326. The smallest absolute Gasteiger partial charge is 0.191 e. The lowest BCUT2D eigenvalue weighted by Crippen LogP contribution is -2.43.